The van der Waals surface area contributed by atoms with Gasteiger partial charge in [0.15, 0.2) is 5.11 Å². The van der Waals surface area contributed by atoms with Crippen molar-refractivity contribution in [3.8, 4) is 17.2 Å². The first kappa shape index (κ1) is 19.0. The second-order valence-electron chi connectivity index (χ2n) is 6.78. The molecule has 4 rings (SSSR count). The number of benzene rings is 3. The van der Waals surface area contributed by atoms with Crippen LogP contribution in [0.1, 0.15) is 23.6 Å². The summed E-state index contributed by atoms with van der Waals surface area (Å²) in [4.78, 5) is 0. The molecule has 0 saturated carbocycles. The summed E-state index contributed by atoms with van der Waals surface area (Å²) < 4.78 is 10.8. The molecule has 3 aromatic carbocycles. The van der Waals surface area contributed by atoms with Crippen LogP contribution in [0.5, 0.6) is 17.2 Å². The number of ether oxygens (including phenoxy) is 2. The zero-order valence-corrected chi connectivity index (χ0v) is 16.9. The molecule has 1 aliphatic rings. The predicted octanol–water partition coefficient (Wildman–Crippen LogP) is 3.96. The fourth-order valence-corrected chi connectivity index (χ4v) is 3.81. The summed E-state index contributed by atoms with van der Waals surface area (Å²) in [5.74, 6) is 1.54. The molecule has 3 aromatic rings. The van der Waals surface area contributed by atoms with E-state index in [0.29, 0.717) is 29.2 Å². The lowest BCUT2D eigenvalue weighted by Crippen LogP contribution is -2.31. The van der Waals surface area contributed by atoms with Crippen molar-refractivity contribution < 1.29 is 14.6 Å². The topological polar surface area (TPSA) is 80.3 Å². The molecule has 0 aromatic heterocycles. The first-order valence-electron chi connectivity index (χ1n) is 9.12. The molecule has 0 bridgehead atoms. The number of fused-ring (bicyclic) bond motifs is 1. The van der Waals surface area contributed by atoms with Gasteiger partial charge in [-0.05, 0) is 41.4 Å². The smallest absolute Gasteiger partial charge is 0.187 e. The van der Waals surface area contributed by atoms with E-state index in [-0.39, 0.29) is 16.9 Å². The minimum absolute atomic E-state index is 0.159. The first-order valence-corrected chi connectivity index (χ1v) is 9.53. The van der Waals surface area contributed by atoms with Crippen LogP contribution in [0.25, 0.3) is 10.8 Å². The molecule has 29 heavy (non-hydrogen) atoms. The standard InChI is InChI=1S/C22H21N3O3S/c1-27-15-9-14(10-16(11-15)28-2)20-12-19(24-25(20)22(23)29)18-8-7-13-5-3-4-6-17(13)21(18)26/h3-11,20,26H,12H2,1-2H3,(H2,23,29). The van der Waals surface area contributed by atoms with Crippen LogP contribution in [-0.2, 0) is 0 Å². The fraction of sp³-hybridized carbons (Fsp3) is 0.182. The second kappa shape index (κ2) is 7.60. The molecule has 3 N–H and O–H groups in total. The van der Waals surface area contributed by atoms with Crippen molar-refractivity contribution >= 4 is 33.8 Å². The summed E-state index contributed by atoms with van der Waals surface area (Å²) in [7, 11) is 3.21. The number of hydrogen-bond donors (Lipinski definition) is 2. The van der Waals surface area contributed by atoms with Gasteiger partial charge in [-0.1, -0.05) is 30.3 Å². The van der Waals surface area contributed by atoms with E-state index in [0.717, 1.165) is 16.3 Å². The fourth-order valence-electron chi connectivity index (χ4n) is 3.65. The summed E-state index contributed by atoms with van der Waals surface area (Å²) in [6.07, 6.45) is 0.527. The van der Waals surface area contributed by atoms with Gasteiger partial charge < -0.3 is 20.3 Å². The van der Waals surface area contributed by atoms with E-state index in [1.165, 1.54) is 0 Å². The highest BCUT2D eigenvalue weighted by Crippen LogP contribution is 2.39. The van der Waals surface area contributed by atoms with Gasteiger partial charge in [0.05, 0.1) is 26.0 Å². The number of rotatable bonds is 4. The molecule has 0 spiro atoms. The Kier molecular flexibility index (Phi) is 4.98. The minimum Gasteiger partial charge on any atom is -0.507 e. The highest BCUT2D eigenvalue weighted by Gasteiger charge is 2.32. The lowest BCUT2D eigenvalue weighted by Gasteiger charge is -2.22. The van der Waals surface area contributed by atoms with Crippen LogP contribution in [0.4, 0.5) is 0 Å². The number of thiocarbonyl (C=S) groups is 1. The molecular formula is C22H21N3O3S. The Balaban J connectivity index is 1.76. The lowest BCUT2D eigenvalue weighted by molar-refractivity contribution is 0.362. The maximum atomic E-state index is 10.9. The van der Waals surface area contributed by atoms with E-state index < -0.39 is 0 Å². The molecule has 148 valence electrons. The van der Waals surface area contributed by atoms with E-state index in [9.17, 15) is 5.11 Å². The zero-order chi connectivity index (χ0) is 20.5. The number of methoxy groups -OCH3 is 2. The van der Waals surface area contributed by atoms with E-state index in [4.69, 9.17) is 27.4 Å². The van der Waals surface area contributed by atoms with Crippen molar-refractivity contribution in [1.82, 2.24) is 5.01 Å². The Morgan fingerprint density at radius 2 is 1.79 bits per heavy atom. The van der Waals surface area contributed by atoms with Gasteiger partial charge in [0.2, 0.25) is 0 Å². The van der Waals surface area contributed by atoms with Crippen LogP contribution in [-0.4, -0.2) is 35.2 Å². The molecule has 0 fully saturated rings. The van der Waals surface area contributed by atoms with Gasteiger partial charge in [-0.2, -0.15) is 5.10 Å². The summed E-state index contributed by atoms with van der Waals surface area (Å²) in [5, 5.41) is 19.0. The quantitative estimate of drug-likeness (QED) is 0.638. The van der Waals surface area contributed by atoms with Gasteiger partial charge in [0.1, 0.15) is 17.2 Å². The Morgan fingerprint density at radius 1 is 1.10 bits per heavy atom. The SMILES string of the molecule is COc1cc(OC)cc(C2CC(c3ccc4ccccc4c3O)=NN2C(N)=S)c1. The maximum absolute atomic E-state index is 10.9. The summed E-state index contributed by atoms with van der Waals surface area (Å²) in [6.45, 7) is 0. The average Bonchev–Trinajstić information content (AvgIpc) is 3.19. The second-order valence-corrected chi connectivity index (χ2v) is 7.20. The van der Waals surface area contributed by atoms with Gasteiger partial charge in [-0.3, -0.25) is 0 Å². The van der Waals surface area contributed by atoms with Crippen LogP contribution < -0.4 is 15.2 Å². The van der Waals surface area contributed by atoms with E-state index >= 15 is 0 Å². The molecular weight excluding hydrogens is 386 g/mol. The van der Waals surface area contributed by atoms with E-state index in [2.05, 4.69) is 5.10 Å². The summed E-state index contributed by atoms with van der Waals surface area (Å²) in [6, 6.07) is 16.9. The molecule has 0 saturated heterocycles. The first-order chi connectivity index (χ1) is 14.0. The van der Waals surface area contributed by atoms with Gasteiger partial charge in [0.25, 0.3) is 0 Å². The number of nitrogens with zero attached hydrogens (tertiary/aromatic N) is 2. The third-order valence-corrected chi connectivity index (χ3v) is 5.29. The molecule has 0 amide bonds. The highest BCUT2D eigenvalue weighted by atomic mass is 32.1. The Morgan fingerprint density at radius 3 is 2.45 bits per heavy atom. The van der Waals surface area contributed by atoms with Crippen LogP contribution in [0.2, 0.25) is 0 Å². The van der Waals surface area contributed by atoms with Crippen molar-refractivity contribution in [1.29, 1.82) is 0 Å². The van der Waals surface area contributed by atoms with E-state index in [1.54, 1.807) is 25.3 Å². The van der Waals surface area contributed by atoms with Gasteiger partial charge in [0, 0.05) is 23.4 Å². The molecule has 7 heteroatoms. The largest absolute Gasteiger partial charge is 0.507 e. The van der Waals surface area contributed by atoms with Crippen LogP contribution >= 0.6 is 12.2 Å². The van der Waals surface area contributed by atoms with E-state index in [1.807, 2.05) is 48.5 Å². The van der Waals surface area contributed by atoms with Crippen molar-refractivity contribution in [2.75, 3.05) is 14.2 Å². The normalized spacial score (nSPS) is 16.0. The highest BCUT2D eigenvalue weighted by molar-refractivity contribution is 7.80. The average molecular weight is 407 g/mol. The summed E-state index contributed by atoms with van der Waals surface area (Å²) >= 11 is 5.24. The van der Waals surface area contributed by atoms with Gasteiger partial charge >= 0.3 is 0 Å². The Labute approximate surface area is 174 Å². The number of hydrogen-bond acceptors (Lipinski definition) is 5. The number of hydrazone groups is 1. The predicted molar refractivity (Wildman–Crippen MR) is 118 cm³/mol. The third-order valence-electron chi connectivity index (χ3n) is 5.11. The molecule has 1 heterocycles. The van der Waals surface area contributed by atoms with Crippen LogP contribution in [0.15, 0.2) is 59.7 Å². The molecule has 1 unspecified atom stereocenters. The monoisotopic (exact) mass is 407 g/mol. The number of phenolic OH excluding ortho intramolecular Hbond substituents is 1. The van der Waals surface area contributed by atoms with Crippen molar-refractivity contribution in [3.05, 3.63) is 65.7 Å². The minimum atomic E-state index is -0.225. The van der Waals surface area contributed by atoms with Crippen molar-refractivity contribution in [2.24, 2.45) is 10.8 Å². The zero-order valence-electron chi connectivity index (χ0n) is 16.1. The lowest BCUT2D eigenvalue weighted by atomic mass is 9.96. The van der Waals surface area contributed by atoms with Crippen LogP contribution in [0.3, 0.4) is 0 Å². The Hall–Kier alpha value is -3.32. The van der Waals surface area contributed by atoms with Crippen molar-refractivity contribution in [2.45, 2.75) is 12.5 Å². The number of aromatic hydroxyl groups is 1. The summed E-state index contributed by atoms with van der Waals surface area (Å²) in [5.41, 5.74) is 8.26. The molecule has 6 nitrogen and oxygen atoms in total. The van der Waals surface area contributed by atoms with Crippen molar-refractivity contribution in [3.63, 3.8) is 0 Å². The van der Waals surface area contributed by atoms with Gasteiger partial charge in [-0.25, -0.2) is 5.01 Å². The molecule has 0 aliphatic carbocycles. The van der Waals surface area contributed by atoms with Gasteiger partial charge in [-0.15, -0.1) is 0 Å². The molecule has 1 aliphatic heterocycles. The maximum Gasteiger partial charge on any atom is 0.187 e. The Bertz CT molecular complexity index is 1110. The molecule has 1 atom stereocenters. The number of nitrogens with two attached hydrogens (primary N) is 1. The third kappa shape index (κ3) is 3.45. The van der Waals surface area contributed by atoms with Crippen LogP contribution in [0, 0.1) is 0 Å². The number of phenols is 1. The molecule has 0 radical (unpaired) electrons.